The van der Waals surface area contributed by atoms with E-state index in [4.69, 9.17) is 10.2 Å². The standard InChI is InChI=1S/C27H30N6O4/c28-19-6-3-5-17(11-19)25(34)30-13-18-12-22(18)26(35)33(20-7-4-10-29-14-20)27(36)32-23-9-2-1-8-21(23)24-15-37-16-31-24/h1-2,4,7-10,14-19,22H,3,5-6,11-13,28H2,(H,30,34)(H,32,36)/t17-,18-,19+,22+/m0/s1. The third-order valence-electron chi connectivity index (χ3n) is 7.07. The van der Waals surface area contributed by atoms with E-state index in [1.165, 1.54) is 18.9 Å². The molecule has 37 heavy (non-hydrogen) atoms. The monoisotopic (exact) mass is 502 g/mol. The molecular weight excluding hydrogens is 472 g/mol. The maximum atomic E-state index is 13.5. The van der Waals surface area contributed by atoms with Crippen LogP contribution < -0.4 is 21.3 Å². The number of nitrogens with two attached hydrogens (primary N) is 1. The van der Waals surface area contributed by atoms with Gasteiger partial charge < -0.3 is 20.8 Å². The third-order valence-corrected chi connectivity index (χ3v) is 7.07. The number of carbonyl (C=O) groups excluding carboxylic acids is 3. The Hall–Kier alpha value is -4.05. The van der Waals surface area contributed by atoms with Gasteiger partial charge in [-0.3, -0.25) is 14.6 Å². The molecule has 0 aliphatic heterocycles. The van der Waals surface area contributed by atoms with Gasteiger partial charge in [-0.05, 0) is 49.8 Å². The van der Waals surface area contributed by atoms with Crippen LogP contribution in [0, 0.1) is 17.8 Å². The van der Waals surface area contributed by atoms with E-state index in [1.54, 1.807) is 30.5 Å². The van der Waals surface area contributed by atoms with E-state index in [9.17, 15) is 14.4 Å². The van der Waals surface area contributed by atoms with Crippen LogP contribution in [0.15, 0.2) is 65.9 Å². The molecule has 3 aromatic rings. The minimum atomic E-state index is -0.597. The number of imide groups is 1. The molecule has 4 amide bonds. The lowest BCUT2D eigenvalue weighted by molar-refractivity contribution is -0.126. The molecule has 192 valence electrons. The molecule has 0 saturated heterocycles. The molecule has 5 rings (SSSR count). The number of amides is 4. The quantitative estimate of drug-likeness (QED) is 0.448. The van der Waals surface area contributed by atoms with Crippen molar-refractivity contribution in [2.24, 2.45) is 23.5 Å². The summed E-state index contributed by atoms with van der Waals surface area (Å²) in [6.07, 6.45) is 9.91. The van der Waals surface area contributed by atoms with Gasteiger partial charge in [0.1, 0.15) is 12.0 Å². The van der Waals surface area contributed by atoms with Crippen molar-refractivity contribution < 1.29 is 18.8 Å². The van der Waals surface area contributed by atoms with Gasteiger partial charge >= 0.3 is 6.03 Å². The van der Waals surface area contributed by atoms with Gasteiger partial charge in [0, 0.05) is 36.2 Å². The fraction of sp³-hybridized carbons (Fsp3) is 0.370. The van der Waals surface area contributed by atoms with Crippen molar-refractivity contribution in [1.29, 1.82) is 0 Å². The molecule has 0 spiro atoms. The summed E-state index contributed by atoms with van der Waals surface area (Å²) < 4.78 is 5.09. The molecule has 0 radical (unpaired) electrons. The molecule has 4 atom stereocenters. The van der Waals surface area contributed by atoms with Gasteiger partial charge in [0.25, 0.3) is 0 Å². The predicted octanol–water partition coefficient (Wildman–Crippen LogP) is 3.57. The number of nitrogens with zero attached hydrogens (tertiary/aromatic N) is 3. The van der Waals surface area contributed by atoms with Crippen LogP contribution in [0.5, 0.6) is 0 Å². The number of benzene rings is 1. The maximum absolute atomic E-state index is 13.5. The fourth-order valence-electron chi connectivity index (χ4n) is 4.95. The molecular formula is C27H30N6O4. The first-order valence-electron chi connectivity index (χ1n) is 12.6. The number of hydrogen-bond acceptors (Lipinski definition) is 7. The van der Waals surface area contributed by atoms with E-state index < -0.39 is 6.03 Å². The summed E-state index contributed by atoms with van der Waals surface area (Å²) in [5.74, 6) is -0.796. The lowest BCUT2D eigenvalue weighted by Gasteiger charge is -2.25. The average Bonchev–Trinajstić information content (AvgIpc) is 3.49. The summed E-state index contributed by atoms with van der Waals surface area (Å²) in [7, 11) is 0. The number of anilines is 2. The molecule has 0 unspecified atom stereocenters. The summed E-state index contributed by atoms with van der Waals surface area (Å²) in [6.45, 7) is 0.401. The zero-order chi connectivity index (χ0) is 25.8. The van der Waals surface area contributed by atoms with Gasteiger partial charge in [-0.15, -0.1) is 0 Å². The highest BCUT2D eigenvalue weighted by atomic mass is 16.3. The number of pyridine rings is 1. The van der Waals surface area contributed by atoms with Gasteiger partial charge in [0.15, 0.2) is 6.39 Å². The number of oxazole rings is 1. The van der Waals surface area contributed by atoms with E-state index in [0.29, 0.717) is 42.0 Å². The third kappa shape index (κ3) is 5.69. The largest absolute Gasteiger partial charge is 0.451 e. The number of hydrogen-bond donors (Lipinski definition) is 3. The molecule has 2 fully saturated rings. The van der Waals surface area contributed by atoms with Crippen LogP contribution >= 0.6 is 0 Å². The van der Waals surface area contributed by atoms with Crippen molar-refractivity contribution in [2.75, 3.05) is 16.8 Å². The fourth-order valence-corrected chi connectivity index (χ4v) is 4.95. The van der Waals surface area contributed by atoms with Crippen LogP contribution in [0.4, 0.5) is 16.2 Å². The molecule has 0 bridgehead atoms. The Morgan fingerprint density at radius 3 is 2.73 bits per heavy atom. The summed E-state index contributed by atoms with van der Waals surface area (Å²) in [5.41, 5.74) is 8.11. The van der Waals surface area contributed by atoms with E-state index in [2.05, 4.69) is 20.6 Å². The van der Waals surface area contributed by atoms with Gasteiger partial charge in [0.05, 0.1) is 17.6 Å². The lowest BCUT2D eigenvalue weighted by Crippen LogP contribution is -2.42. The van der Waals surface area contributed by atoms with E-state index >= 15 is 0 Å². The van der Waals surface area contributed by atoms with Gasteiger partial charge in [-0.25, -0.2) is 14.7 Å². The Bertz CT molecular complexity index is 1250. The number of para-hydroxylation sites is 1. The molecule has 2 aliphatic carbocycles. The highest BCUT2D eigenvalue weighted by molar-refractivity contribution is 6.20. The molecule has 10 nitrogen and oxygen atoms in total. The van der Waals surface area contributed by atoms with E-state index in [0.717, 1.165) is 24.2 Å². The SMILES string of the molecule is N[C@@H]1CCC[C@H](C(=O)NC[C@@H]2C[C@H]2C(=O)N(C(=O)Nc2ccccc2-c2cocn2)c2cccnc2)C1. The first-order chi connectivity index (χ1) is 18.0. The van der Waals surface area contributed by atoms with Crippen LogP contribution in [0.3, 0.4) is 0 Å². The van der Waals surface area contributed by atoms with Crippen LogP contribution in [-0.2, 0) is 9.59 Å². The number of urea groups is 1. The van der Waals surface area contributed by atoms with Crippen LogP contribution in [-0.4, -0.2) is 40.4 Å². The second kappa shape index (κ2) is 10.9. The minimum Gasteiger partial charge on any atom is -0.451 e. The molecule has 4 N–H and O–H groups in total. The van der Waals surface area contributed by atoms with E-state index in [1.807, 2.05) is 12.1 Å². The Morgan fingerprint density at radius 1 is 1.11 bits per heavy atom. The topological polar surface area (TPSA) is 143 Å². The first kappa shape index (κ1) is 24.6. The molecule has 2 aliphatic rings. The average molecular weight is 503 g/mol. The predicted molar refractivity (Wildman–Crippen MR) is 137 cm³/mol. The molecule has 1 aromatic carbocycles. The molecule has 2 heterocycles. The smallest absolute Gasteiger partial charge is 0.333 e. The minimum absolute atomic E-state index is 0.000398. The first-order valence-corrected chi connectivity index (χ1v) is 12.6. The number of carbonyl (C=O) groups is 3. The van der Waals surface area contributed by atoms with E-state index in [-0.39, 0.29) is 35.6 Å². The molecule has 10 heteroatoms. The number of aromatic nitrogens is 2. The number of nitrogens with one attached hydrogen (secondary N) is 2. The number of rotatable bonds is 7. The van der Waals surface area contributed by atoms with Crippen LogP contribution in [0.2, 0.25) is 0 Å². The van der Waals surface area contributed by atoms with Crippen molar-refractivity contribution in [3.63, 3.8) is 0 Å². The van der Waals surface area contributed by atoms with Crippen LogP contribution in [0.1, 0.15) is 32.1 Å². The highest BCUT2D eigenvalue weighted by Gasteiger charge is 2.47. The summed E-state index contributed by atoms with van der Waals surface area (Å²) in [5, 5.41) is 5.84. The summed E-state index contributed by atoms with van der Waals surface area (Å²) in [4.78, 5) is 49.0. The lowest BCUT2D eigenvalue weighted by atomic mass is 9.85. The normalized spacial score (nSPS) is 22.6. The van der Waals surface area contributed by atoms with Gasteiger partial charge in [-0.1, -0.05) is 24.6 Å². The van der Waals surface area contributed by atoms with Gasteiger partial charge in [-0.2, -0.15) is 0 Å². The Kier molecular flexibility index (Phi) is 7.27. The van der Waals surface area contributed by atoms with Crippen molar-refractivity contribution >= 4 is 29.2 Å². The summed E-state index contributed by atoms with van der Waals surface area (Å²) >= 11 is 0. The Labute approximate surface area is 214 Å². The van der Waals surface area contributed by atoms with Gasteiger partial charge in [0.2, 0.25) is 11.8 Å². The molecule has 2 aromatic heterocycles. The second-order valence-corrected chi connectivity index (χ2v) is 9.71. The van der Waals surface area contributed by atoms with Crippen LogP contribution in [0.25, 0.3) is 11.3 Å². The van der Waals surface area contributed by atoms with Crippen molar-refractivity contribution in [3.05, 3.63) is 61.4 Å². The maximum Gasteiger partial charge on any atom is 0.333 e. The zero-order valence-electron chi connectivity index (χ0n) is 20.4. The molecule has 2 saturated carbocycles. The Morgan fingerprint density at radius 2 is 1.97 bits per heavy atom. The van der Waals surface area contributed by atoms with Crippen molar-refractivity contribution in [2.45, 2.75) is 38.1 Å². The zero-order valence-corrected chi connectivity index (χ0v) is 20.4. The van der Waals surface area contributed by atoms with Crippen molar-refractivity contribution in [3.8, 4) is 11.3 Å². The van der Waals surface area contributed by atoms with Crippen molar-refractivity contribution in [1.82, 2.24) is 15.3 Å². The summed E-state index contributed by atoms with van der Waals surface area (Å²) in [6, 6.07) is 9.97. The highest BCUT2D eigenvalue weighted by Crippen LogP contribution is 2.40. The second-order valence-electron chi connectivity index (χ2n) is 9.71. The Balaban J connectivity index is 1.27.